The minimum absolute atomic E-state index is 0.00941. The van der Waals surface area contributed by atoms with Crippen molar-refractivity contribution in [1.29, 1.82) is 0 Å². The Bertz CT molecular complexity index is 653. The number of nitrogens with one attached hydrogen (secondary N) is 1. The molecule has 2 rings (SSSR count). The zero-order valence-electron chi connectivity index (χ0n) is 12.5. The summed E-state index contributed by atoms with van der Waals surface area (Å²) in [5.41, 5.74) is 4.04. The second-order valence-corrected chi connectivity index (χ2v) is 6.08. The Hall–Kier alpha value is -1.81. The van der Waals surface area contributed by atoms with Crippen LogP contribution in [0.2, 0.25) is 0 Å². The standard InChI is InChI=1S/C17H19BrN2O/c1-12-7-8-14(16(18)9-12)11-19-15-6-4-5-13(10-15)17(21)20(2)3/h4-10,19H,11H2,1-3H3. The Morgan fingerprint density at radius 2 is 1.95 bits per heavy atom. The molecule has 110 valence electrons. The fourth-order valence-electron chi connectivity index (χ4n) is 2.01. The van der Waals surface area contributed by atoms with Crippen molar-refractivity contribution < 1.29 is 4.79 Å². The molecule has 1 N–H and O–H groups in total. The molecule has 0 aliphatic heterocycles. The van der Waals surface area contributed by atoms with E-state index in [0.717, 1.165) is 10.2 Å². The number of nitrogens with zero attached hydrogens (tertiary/aromatic N) is 1. The molecule has 0 unspecified atom stereocenters. The number of hydrogen-bond donors (Lipinski definition) is 1. The van der Waals surface area contributed by atoms with Gasteiger partial charge >= 0.3 is 0 Å². The first-order valence-corrected chi connectivity index (χ1v) is 7.57. The van der Waals surface area contributed by atoms with Crippen LogP contribution in [0.5, 0.6) is 0 Å². The molecule has 0 saturated carbocycles. The van der Waals surface area contributed by atoms with Crippen molar-refractivity contribution >= 4 is 27.5 Å². The van der Waals surface area contributed by atoms with Gasteiger partial charge in [0, 0.05) is 36.4 Å². The van der Waals surface area contributed by atoms with Gasteiger partial charge in [0.25, 0.3) is 5.91 Å². The molecule has 0 heterocycles. The Morgan fingerprint density at radius 1 is 1.19 bits per heavy atom. The number of amides is 1. The molecule has 0 aliphatic carbocycles. The van der Waals surface area contributed by atoms with Gasteiger partial charge < -0.3 is 10.2 Å². The van der Waals surface area contributed by atoms with Gasteiger partial charge in [-0.25, -0.2) is 0 Å². The van der Waals surface area contributed by atoms with Gasteiger partial charge in [-0.2, -0.15) is 0 Å². The number of halogens is 1. The van der Waals surface area contributed by atoms with Crippen molar-refractivity contribution in [2.75, 3.05) is 19.4 Å². The van der Waals surface area contributed by atoms with Gasteiger partial charge in [0.15, 0.2) is 0 Å². The molecular formula is C17H19BrN2O. The number of carbonyl (C=O) groups excluding carboxylic acids is 1. The normalized spacial score (nSPS) is 10.3. The zero-order chi connectivity index (χ0) is 15.4. The number of aryl methyl sites for hydroxylation is 1. The minimum Gasteiger partial charge on any atom is -0.381 e. The summed E-state index contributed by atoms with van der Waals surface area (Å²) in [5.74, 6) is 0.00941. The van der Waals surface area contributed by atoms with E-state index in [1.165, 1.54) is 11.1 Å². The molecule has 21 heavy (non-hydrogen) atoms. The lowest BCUT2D eigenvalue weighted by atomic mass is 10.1. The fourth-order valence-corrected chi connectivity index (χ4v) is 2.65. The van der Waals surface area contributed by atoms with Crippen molar-refractivity contribution in [2.24, 2.45) is 0 Å². The van der Waals surface area contributed by atoms with E-state index in [2.05, 4.69) is 46.4 Å². The third kappa shape index (κ3) is 4.08. The first kappa shape index (κ1) is 15.6. The lowest BCUT2D eigenvalue weighted by molar-refractivity contribution is 0.0827. The van der Waals surface area contributed by atoms with Crippen LogP contribution < -0.4 is 5.32 Å². The predicted molar refractivity (Wildman–Crippen MR) is 90.7 cm³/mol. The maximum absolute atomic E-state index is 12.0. The van der Waals surface area contributed by atoms with Crippen LogP contribution in [0.3, 0.4) is 0 Å². The van der Waals surface area contributed by atoms with E-state index in [1.54, 1.807) is 19.0 Å². The molecule has 0 aromatic heterocycles. The molecular weight excluding hydrogens is 328 g/mol. The fraction of sp³-hybridized carbons (Fsp3) is 0.235. The molecule has 0 atom stereocenters. The Balaban J connectivity index is 2.10. The van der Waals surface area contributed by atoms with Crippen LogP contribution in [0.4, 0.5) is 5.69 Å². The maximum Gasteiger partial charge on any atom is 0.253 e. The van der Waals surface area contributed by atoms with E-state index in [1.807, 2.05) is 24.3 Å². The number of carbonyl (C=O) groups is 1. The highest BCUT2D eigenvalue weighted by Crippen LogP contribution is 2.20. The van der Waals surface area contributed by atoms with Gasteiger partial charge in [0.05, 0.1) is 0 Å². The summed E-state index contributed by atoms with van der Waals surface area (Å²) in [7, 11) is 3.51. The maximum atomic E-state index is 12.0. The highest BCUT2D eigenvalue weighted by molar-refractivity contribution is 9.10. The van der Waals surface area contributed by atoms with E-state index in [0.29, 0.717) is 12.1 Å². The van der Waals surface area contributed by atoms with E-state index < -0.39 is 0 Å². The average molecular weight is 347 g/mol. The third-order valence-corrected chi connectivity index (χ3v) is 3.95. The average Bonchev–Trinajstić information content (AvgIpc) is 2.45. The Kier molecular flexibility index (Phi) is 5.02. The van der Waals surface area contributed by atoms with Gasteiger partial charge in [-0.15, -0.1) is 0 Å². The van der Waals surface area contributed by atoms with Crippen LogP contribution >= 0.6 is 15.9 Å². The van der Waals surface area contributed by atoms with Crippen LogP contribution in [-0.4, -0.2) is 24.9 Å². The molecule has 0 spiro atoms. The SMILES string of the molecule is Cc1ccc(CNc2cccc(C(=O)N(C)C)c2)c(Br)c1. The van der Waals surface area contributed by atoms with Gasteiger partial charge in [-0.1, -0.05) is 34.1 Å². The van der Waals surface area contributed by atoms with E-state index >= 15 is 0 Å². The molecule has 0 radical (unpaired) electrons. The number of rotatable bonds is 4. The first-order chi connectivity index (χ1) is 9.97. The van der Waals surface area contributed by atoms with Gasteiger partial charge in [0.1, 0.15) is 0 Å². The van der Waals surface area contributed by atoms with Crippen LogP contribution in [0.25, 0.3) is 0 Å². The summed E-state index contributed by atoms with van der Waals surface area (Å²) >= 11 is 3.58. The molecule has 0 saturated heterocycles. The van der Waals surface area contributed by atoms with Crippen molar-refractivity contribution in [2.45, 2.75) is 13.5 Å². The molecule has 4 heteroatoms. The van der Waals surface area contributed by atoms with E-state index in [-0.39, 0.29) is 5.91 Å². The molecule has 2 aromatic rings. The Labute approximate surface area is 134 Å². The van der Waals surface area contributed by atoms with Crippen molar-refractivity contribution in [3.8, 4) is 0 Å². The summed E-state index contributed by atoms with van der Waals surface area (Å²) in [6.45, 7) is 2.78. The van der Waals surface area contributed by atoms with Crippen LogP contribution in [0.15, 0.2) is 46.9 Å². The van der Waals surface area contributed by atoms with Gasteiger partial charge in [-0.05, 0) is 42.3 Å². The molecule has 0 bridgehead atoms. The summed E-state index contributed by atoms with van der Waals surface area (Å²) < 4.78 is 1.09. The summed E-state index contributed by atoms with van der Waals surface area (Å²) in [6.07, 6.45) is 0. The molecule has 0 aliphatic rings. The largest absolute Gasteiger partial charge is 0.381 e. The lowest BCUT2D eigenvalue weighted by Gasteiger charge is -2.13. The van der Waals surface area contributed by atoms with Crippen LogP contribution in [0.1, 0.15) is 21.5 Å². The number of benzene rings is 2. The van der Waals surface area contributed by atoms with Gasteiger partial charge in [-0.3, -0.25) is 4.79 Å². The smallest absolute Gasteiger partial charge is 0.253 e. The highest BCUT2D eigenvalue weighted by atomic mass is 79.9. The summed E-state index contributed by atoms with van der Waals surface area (Å²) in [4.78, 5) is 13.5. The molecule has 1 amide bonds. The second-order valence-electron chi connectivity index (χ2n) is 5.23. The molecule has 3 nitrogen and oxygen atoms in total. The number of hydrogen-bond acceptors (Lipinski definition) is 2. The lowest BCUT2D eigenvalue weighted by Crippen LogP contribution is -2.21. The first-order valence-electron chi connectivity index (χ1n) is 6.78. The monoisotopic (exact) mass is 346 g/mol. The van der Waals surface area contributed by atoms with Crippen molar-refractivity contribution in [3.05, 3.63) is 63.6 Å². The molecule has 0 fully saturated rings. The second kappa shape index (κ2) is 6.76. The Morgan fingerprint density at radius 3 is 2.62 bits per heavy atom. The third-order valence-electron chi connectivity index (χ3n) is 3.21. The quantitative estimate of drug-likeness (QED) is 0.904. The summed E-state index contributed by atoms with van der Waals surface area (Å²) in [6, 6.07) is 13.9. The topological polar surface area (TPSA) is 32.3 Å². The van der Waals surface area contributed by atoms with Crippen LogP contribution in [-0.2, 0) is 6.54 Å². The van der Waals surface area contributed by atoms with E-state index in [4.69, 9.17) is 0 Å². The zero-order valence-corrected chi connectivity index (χ0v) is 14.1. The van der Waals surface area contributed by atoms with Crippen molar-refractivity contribution in [1.82, 2.24) is 4.90 Å². The van der Waals surface area contributed by atoms with E-state index in [9.17, 15) is 4.79 Å². The summed E-state index contributed by atoms with van der Waals surface area (Å²) in [5, 5.41) is 3.35. The van der Waals surface area contributed by atoms with Crippen LogP contribution in [0, 0.1) is 6.92 Å². The predicted octanol–water partition coefficient (Wildman–Crippen LogP) is 4.07. The number of anilines is 1. The van der Waals surface area contributed by atoms with Gasteiger partial charge in [0.2, 0.25) is 0 Å². The minimum atomic E-state index is 0.00941. The highest BCUT2D eigenvalue weighted by Gasteiger charge is 2.08. The molecule has 2 aromatic carbocycles. The van der Waals surface area contributed by atoms with Crippen molar-refractivity contribution in [3.63, 3.8) is 0 Å².